The van der Waals surface area contributed by atoms with Crippen LogP contribution in [0.25, 0.3) is 0 Å². The molecule has 152 valence electrons. The molecule has 0 aliphatic carbocycles. The molecule has 1 aromatic carbocycles. The first-order valence-electron chi connectivity index (χ1n) is 10.1. The van der Waals surface area contributed by atoms with E-state index in [0.29, 0.717) is 24.3 Å². The Labute approximate surface area is 163 Å². The molecule has 1 rings (SSSR count). The van der Waals surface area contributed by atoms with Crippen molar-refractivity contribution in [2.75, 3.05) is 26.9 Å². The maximum Gasteiger partial charge on any atom is 0.338 e. The van der Waals surface area contributed by atoms with E-state index < -0.39 is 5.97 Å². The van der Waals surface area contributed by atoms with Crippen LogP contribution in [0.15, 0.2) is 24.3 Å². The summed E-state index contributed by atoms with van der Waals surface area (Å²) >= 11 is 0. The van der Waals surface area contributed by atoms with Gasteiger partial charge in [-0.25, -0.2) is 9.59 Å². The van der Waals surface area contributed by atoms with Gasteiger partial charge in [-0.3, -0.25) is 0 Å². The van der Waals surface area contributed by atoms with Crippen molar-refractivity contribution in [3.05, 3.63) is 35.4 Å². The molecular formula is C22H34O5. The molecule has 0 spiro atoms. The Morgan fingerprint density at radius 1 is 0.667 bits per heavy atom. The second-order valence-corrected chi connectivity index (χ2v) is 6.67. The van der Waals surface area contributed by atoms with Crippen LogP contribution in [0.2, 0.25) is 0 Å². The van der Waals surface area contributed by atoms with Gasteiger partial charge in [0.15, 0.2) is 0 Å². The fourth-order valence-corrected chi connectivity index (χ4v) is 2.70. The van der Waals surface area contributed by atoms with Gasteiger partial charge in [-0.05, 0) is 30.7 Å². The number of carbonyl (C=O) groups excluding carboxylic acids is 2. The summed E-state index contributed by atoms with van der Waals surface area (Å²) in [7, 11) is 1.54. The standard InChI is InChI=1S/C22H34O5/c1-3-4-5-6-7-8-9-10-11-16-26-21(23)19-12-14-20(15-13-19)22(24)27-18-17-25-2/h12-15H,3-11,16-18H2,1-2H3. The normalized spacial score (nSPS) is 10.6. The number of unbranched alkanes of at least 4 members (excludes halogenated alkanes) is 8. The Morgan fingerprint density at radius 2 is 1.11 bits per heavy atom. The first-order chi connectivity index (χ1) is 13.2. The van der Waals surface area contributed by atoms with Crippen LogP contribution < -0.4 is 0 Å². The third-order valence-electron chi connectivity index (χ3n) is 4.36. The minimum absolute atomic E-state index is 0.206. The van der Waals surface area contributed by atoms with Gasteiger partial charge in [0.05, 0.1) is 24.3 Å². The summed E-state index contributed by atoms with van der Waals surface area (Å²) in [6.07, 6.45) is 11.1. The average Bonchev–Trinajstić information content (AvgIpc) is 2.69. The molecule has 0 unspecified atom stereocenters. The third-order valence-corrected chi connectivity index (χ3v) is 4.36. The molecule has 0 atom stereocenters. The van der Waals surface area contributed by atoms with Gasteiger partial charge >= 0.3 is 11.9 Å². The van der Waals surface area contributed by atoms with E-state index in [2.05, 4.69) is 6.92 Å². The zero-order valence-electron chi connectivity index (χ0n) is 16.8. The van der Waals surface area contributed by atoms with Gasteiger partial charge in [0, 0.05) is 7.11 Å². The Bertz CT molecular complexity index is 524. The van der Waals surface area contributed by atoms with Crippen molar-refractivity contribution in [1.82, 2.24) is 0 Å². The summed E-state index contributed by atoms with van der Waals surface area (Å²) in [4.78, 5) is 23.8. The molecule has 5 nitrogen and oxygen atoms in total. The second kappa shape index (κ2) is 15.2. The maximum absolute atomic E-state index is 12.0. The molecule has 0 amide bonds. The van der Waals surface area contributed by atoms with E-state index in [4.69, 9.17) is 14.2 Å². The van der Waals surface area contributed by atoms with Crippen molar-refractivity contribution in [2.45, 2.75) is 64.7 Å². The van der Waals surface area contributed by atoms with Crippen LogP contribution in [0, 0.1) is 0 Å². The number of hydrogen-bond acceptors (Lipinski definition) is 5. The first-order valence-corrected chi connectivity index (χ1v) is 10.1. The lowest BCUT2D eigenvalue weighted by Crippen LogP contribution is -2.11. The molecule has 0 radical (unpaired) electrons. The average molecular weight is 379 g/mol. The largest absolute Gasteiger partial charge is 0.462 e. The zero-order chi connectivity index (χ0) is 19.7. The maximum atomic E-state index is 12.0. The number of benzene rings is 1. The van der Waals surface area contributed by atoms with E-state index >= 15 is 0 Å². The van der Waals surface area contributed by atoms with Crippen molar-refractivity contribution in [1.29, 1.82) is 0 Å². The van der Waals surface area contributed by atoms with Crippen molar-refractivity contribution in [2.24, 2.45) is 0 Å². The molecule has 0 saturated carbocycles. The highest BCUT2D eigenvalue weighted by molar-refractivity contribution is 5.93. The van der Waals surface area contributed by atoms with Crippen LogP contribution in [0.5, 0.6) is 0 Å². The van der Waals surface area contributed by atoms with Crippen LogP contribution in [0.3, 0.4) is 0 Å². The van der Waals surface area contributed by atoms with E-state index in [0.717, 1.165) is 12.8 Å². The van der Waals surface area contributed by atoms with Crippen LogP contribution in [-0.2, 0) is 14.2 Å². The molecule has 27 heavy (non-hydrogen) atoms. The fourth-order valence-electron chi connectivity index (χ4n) is 2.70. The highest BCUT2D eigenvalue weighted by atomic mass is 16.6. The fraction of sp³-hybridized carbons (Fsp3) is 0.636. The number of carbonyl (C=O) groups is 2. The van der Waals surface area contributed by atoms with Crippen molar-refractivity contribution >= 4 is 11.9 Å². The van der Waals surface area contributed by atoms with Gasteiger partial charge in [-0.2, -0.15) is 0 Å². The van der Waals surface area contributed by atoms with Gasteiger partial charge in [-0.1, -0.05) is 58.3 Å². The van der Waals surface area contributed by atoms with E-state index in [1.807, 2.05) is 0 Å². The van der Waals surface area contributed by atoms with Crippen molar-refractivity contribution < 1.29 is 23.8 Å². The molecule has 5 heteroatoms. The first kappa shape index (κ1) is 23.2. The van der Waals surface area contributed by atoms with Gasteiger partial charge in [0.2, 0.25) is 0 Å². The Balaban J connectivity index is 2.15. The quantitative estimate of drug-likeness (QED) is 0.311. The van der Waals surface area contributed by atoms with Crippen LogP contribution >= 0.6 is 0 Å². The Kier molecular flexibility index (Phi) is 13.0. The lowest BCUT2D eigenvalue weighted by Gasteiger charge is -2.07. The monoisotopic (exact) mass is 378 g/mol. The van der Waals surface area contributed by atoms with Gasteiger partial charge in [0.1, 0.15) is 6.61 Å². The van der Waals surface area contributed by atoms with Crippen LogP contribution in [0.1, 0.15) is 85.4 Å². The highest BCUT2D eigenvalue weighted by Crippen LogP contribution is 2.11. The number of ether oxygens (including phenoxy) is 3. The number of hydrogen-bond donors (Lipinski definition) is 0. The Morgan fingerprint density at radius 3 is 1.59 bits per heavy atom. The van der Waals surface area contributed by atoms with E-state index in [1.54, 1.807) is 31.4 Å². The third kappa shape index (κ3) is 10.8. The molecule has 0 aromatic heterocycles. The second-order valence-electron chi connectivity index (χ2n) is 6.67. The minimum atomic E-state index is -0.429. The summed E-state index contributed by atoms with van der Waals surface area (Å²) in [6.45, 7) is 3.23. The van der Waals surface area contributed by atoms with Gasteiger partial charge in [-0.15, -0.1) is 0 Å². The van der Waals surface area contributed by atoms with E-state index in [9.17, 15) is 9.59 Å². The number of rotatable bonds is 15. The topological polar surface area (TPSA) is 61.8 Å². The van der Waals surface area contributed by atoms with Crippen molar-refractivity contribution in [3.63, 3.8) is 0 Å². The smallest absolute Gasteiger partial charge is 0.338 e. The predicted octanol–water partition coefficient (Wildman–Crippen LogP) is 5.18. The summed E-state index contributed by atoms with van der Waals surface area (Å²) < 4.78 is 15.2. The molecule has 0 bridgehead atoms. The molecule has 1 aromatic rings. The summed E-state index contributed by atoms with van der Waals surface area (Å²) in [5, 5.41) is 0. The number of methoxy groups -OCH3 is 1. The summed E-state index contributed by atoms with van der Waals surface area (Å²) in [5.74, 6) is -0.782. The molecule has 0 aliphatic rings. The molecule has 0 aliphatic heterocycles. The minimum Gasteiger partial charge on any atom is -0.462 e. The molecule has 0 saturated heterocycles. The summed E-state index contributed by atoms with van der Waals surface area (Å²) in [5.41, 5.74) is 0.848. The van der Waals surface area contributed by atoms with Gasteiger partial charge in [0.25, 0.3) is 0 Å². The zero-order valence-corrected chi connectivity index (χ0v) is 16.8. The van der Waals surface area contributed by atoms with E-state index in [-0.39, 0.29) is 12.6 Å². The highest BCUT2D eigenvalue weighted by Gasteiger charge is 2.10. The van der Waals surface area contributed by atoms with Crippen LogP contribution in [0.4, 0.5) is 0 Å². The van der Waals surface area contributed by atoms with Crippen LogP contribution in [-0.4, -0.2) is 38.9 Å². The van der Waals surface area contributed by atoms with E-state index in [1.165, 1.54) is 44.9 Å². The van der Waals surface area contributed by atoms with Crippen molar-refractivity contribution in [3.8, 4) is 0 Å². The number of esters is 2. The Hall–Kier alpha value is -1.88. The molecule has 0 heterocycles. The van der Waals surface area contributed by atoms with Gasteiger partial charge < -0.3 is 14.2 Å². The molecule has 0 N–H and O–H groups in total. The molecular weight excluding hydrogens is 344 g/mol. The lowest BCUT2D eigenvalue weighted by molar-refractivity contribution is 0.0386. The SMILES string of the molecule is CCCCCCCCCCCOC(=O)c1ccc(C(=O)OCCOC)cc1. The predicted molar refractivity (Wildman–Crippen MR) is 106 cm³/mol. The summed E-state index contributed by atoms with van der Waals surface area (Å²) in [6, 6.07) is 6.33. The lowest BCUT2D eigenvalue weighted by atomic mass is 10.1. The molecule has 0 fully saturated rings.